The second-order valence-corrected chi connectivity index (χ2v) is 14.5. The Labute approximate surface area is 279 Å². The monoisotopic (exact) mass is 651 g/mol. The quantitative estimate of drug-likeness (QED) is 0.167. The first kappa shape index (κ1) is 32.8. The first-order chi connectivity index (χ1) is 22.9. The van der Waals surface area contributed by atoms with Crippen LogP contribution in [0, 0.1) is 5.92 Å². The van der Waals surface area contributed by atoms with E-state index in [0.29, 0.717) is 17.1 Å². The van der Waals surface area contributed by atoms with Crippen molar-refractivity contribution >= 4 is 21.8 Å². The zero-order chi connectivity index (χ0) is 32.6. The Morgan fingerprint density at radius 2 is 1.34 bits per heavy atom. The average Bonchev–Trinajstić information content (AvgIpc) is 3.52. The van der Waals surface area contributed by atoms with E-state index in [-0.39, 0.29) is 36.6 Å². The van der Waals surface area contributed by atoms with Gasteiger partial charge in [0.25, 0.3) is 10.0 Å². The zero-order valence-corrected chi connectivity index (χ0v) is 27.9. The minimum Gasteiger partial charge on any atom is -0.445 e. The molecule has 3 atom stereocenters. The molecule has 1 amide bonds. The number of anilines is 1. The Morgan fingerprint density at radius 1 is 0.766 bits per heavy atom. The zero-order valence-electron chi connectivity index (χ0n) is 27.1. The van der Waals surface area contributed by atoms with E-state index in [9.17, 15) is 13.2 Å². The van der Waals surface area contributed by atoms with Crippen molar-refractivity contribution in [3.05, 3.63) is 132 Å². The molecule has 6 rings (SSSR count). The summed E-state index contributed by atoms with van der Waals surface area (Å²) < 4.78 is 35.9. The van der Waals surface area contributed by atoms with Crippen LogP contribution in [0.4, 0.5) is 10.5 Å². The maximum absolute atomic E-state index is 14.2. The molecule has 0 radical (unpaired) electrons. The van der Waals surface area contributed by atoms with Gasteiger partial charge in [-0.1, -0.05) is 97.1 Å². The van der Waals surface area contributed by atoms with Gasteiger partial charge in [0, 0.05) is 38.3 Å². The number of rotatable bonds is 11. The van der Waals surface area contributed by atoms with E-state index < -0.39 is 10.0 Å². The fourth-order valence-corrected chi connectivity index (χ4v) is 9.20. The molecule has 4 aromatic carbocycles. The van der Waals surface area contributed by atoms with Gasteiger partial charge in [-0.25, -0.2) is 13.2 Å². The summed E-state index contributed by atoms with van der Waals surface area (Å²) in [6.45, 7) is 5.58. The van der Waals surface area contributed by atoms with Gasteiger partial charge in [0.05, 0.1) is 10.6 Å². The van der Waals surface area contributed by atoms with Gasteiger partial charge in [0.1, 0.15) is 6.61 Å². The molecule has 8 heteroatoms. The predicted octanol–water partition coefficient (Wildman–Crippen LogP) is 7.57. The molecule has 1 aliphatic carbocycles. The van der Waals surface area contributed by atoms with Crippen LogP contribution in [0.1, 0.15) is 49.7 Å². The lowest BCUT2D eigenvalue weighted by molar-refractivity contribution is 0.0602. The molecule has 7 nitrogen and oxygen atoms in total. The SMILES string of the molecule is CCN(C(=O)OCc1ccccc1)C1CCN(C[C@H]2CC(N(c3ccccc3)S(=O)(=O)c3ccccc3)C[C@@H]2c2ccccc2)CC1. The molecular weight excluding hydrogens is 607 g/mol. The van der Waals surface area contributed by atoms with Gasteiger partial charge in [-0.05, 0) is 79.8 Å². The first-order valence-corrected chi connectivity index (χ1v) is 18.3. The van der Waals surface area contributed by atoms with Gasteiger partial charge in [-0.2, -0.15) is 0 Å². The largest absolute Gasteiger partial charge is 0.445 e. The molecular formula is C39H45N3O4S. The van der Waals surface area contributed by atoms with E-state index in [1.165, 1.54) is 5.56 Å². The van der Waals surface area contributed by atoms with Crippen molar-refractivity contribution in [1.82, 2.24) is 9.80 Å². The summed E-state index contributed by atoms with van der Waals surface area (Å²) in [6, 6.07) is 38.7. The second-order valence-electron chi connectivity index (χ2n) is 12.7. The first-order valence-electron chi connectivity index (χ1n) is 16.8. The maximum atomic E-state index is 14.2. The van der Waals surface area contributed by atoms with Gasteiger partial charge >= 0.3 is 6.09 Å². The molecule has 0 N–H and O–H groups in total. The second kappa shape index (κ2) is 15.2. The molecule has 47 heavy (non-hydrogen) atoms. The van der Waals surface area contributed by atoms with Crippen LogP contribution in [-0.2, 0) is 21.4 Å². The van der Waals surface area contributed by atoms with Gasteiger partial charge < -0.3 is 14.5 Å². The Morgan fingerprint density at radius 3 is 1.96 bits per heavy atom. The Hall–Kier alpha value is -4.14. The smallest absolute Gasteiger partial charge is 0.410 e. The van der Waals surface area contributed by atoms with Crippen molar-refractivity contribution in [2.75, 3.05) is 30.5 Å². The van der Waals surface area contributed by atoms with Crippen LogP contribution in [0.25, 0.3) is 0 Å². The van der Waals surface area contributed by atoms with E-state index >= 15 is 0 Å². The standard InChI is InChI=1S/C39H45N3O4S/c1-2-41(39(43)46-30-31-15-7-3-8-16-31)34-23-25-40(26-24-34)29-33-27-36(28-38(33)32-17-9-4-10-18-32)42(35-19-11-5-12-20-35)47(44,45)37-21-13-6-14-22-37/h3-22,33-34,36,38H,2,23-30H2,1H3/t33-,36?,38-/m1/s1. The average molecular weight is 652 g/mol. The summed E-state index contributed by atoms with van der Waals surface area (Å²) in [7, 11) is -3.78. The van der Waals surface area contributed by atoms with Gasteiger partial charge in [0.15, 0.2) is 0 Å². The lowest BCUT2D eigenvalue weighted by Crippen LogP contribution is -2.48. The topological polar surface area (TPSA) is 70.2 Å². The Kier molecular flexibility index (Phi) is 10.6. The summed E-state index contributed by atoms with van der Waals surface area (Å²) in [5, 5.41) is 0. The minimum atomic E-state index is -3.78. The highest BCUT2D eigenvalue weighted by atomic mass is 32.2. The minimum absolute atomic E-state index is 0.144. The number of hydrogen-bond donors (Lipinski definition) is 0. The molecule has 0 bridgehead atoms. The van der Waals surface area contributed by atoms with Crippen molar-refractivity contribution in [3.63, 3.8) is 0 Å². The molecule has 4 aromatic rings. The van der Waals surface area contributed by atoms with Crippen LogP contribution < -0.4 is 4.31 Å². The molecule has 1 heterocycles. The third kappa shape index (κ3) is 7.71. The van der Waals surface area contributed by atoms with Crippen molar-refractivity contribution in [2.45, 2.75) is 62.1 Å². The third-order valence-electron chi connectivity index (χ3n) is 9.81. The van der Waals surface area contributed by atoms with E-state index in [2.05, 4.69) is 29.2 Å². The van der Waals surface area contributed by atoms with Crippen molar-refractivity contribution in [3.8, 4) is 0 Å². The molecule has 0 aromatic heterocycles. The van der Waals surface area contributed by atoms with Gasteiger partial charge in [-0.15, -0.1) is 0 Å². The van der Waals surface area contributed by atoms with Crippen LogP contribution in [0.2, 0.25) is 0 Å². The summed E-state index contributed by atoms with van der Waals surface area (Å²) in [4.78, 5) is 17.8. The van der Waals surface area contributed by atoms with Crippen LogP contribution in [0.5, 0.6) is 0 Å². The van der Waals surface area contributed by atoms with Gasteiger partial charge in [0.2, 0.25) is 0 Å². The molecule has 0 spiro atoms. The number of carbonyl (C=O) groups is 1. The number of hydrogen-bond acceptors (Lipinski definition) is 5. The number of piperidine rings is 1. The highest BCUT2D eigenvalue weighted by molar-refractivity contribution is 7.92. The van der Waals surface area contributed by atoms with Gasteiger partial charge in [-0.3, -0.25) is 4.31 Å². The highest BCUT2D eigenvalue weighted by Gasteiger charge is 2.43. The molecule has 2 fully saturated rings. The number of sulfonamides is 1. The Balaban J connectivity index is 1.16. The summed E-state index contributed by atoms with van der Waals surface area (Å²) in [6.07, 6.45) is 3.05. The van der Waals surface area contributed by atoms with E-state index in [1.807, 2.05) is 84.6 Å². The number of ether oxygens (including phenoxy) is 1. The summed E-state index contributed by atoms with van der Waals surface area (Å²) in [5.41, 5.74) is 2.95. The number of likely N-dealkylation sites (tertiary alicyclic amines) is 1. The maximum Gasteiger partial charge on any atom is 0.410 e. The normalized spacial score (nSPS) is 20.5. The van der Waals surface area contributed by atoms with Crippen LogP contribution in [-0.4, -0.2) is 62.6 Å². The molecule has 1 saturated heterocycles. The Bertz CT molecular complexity index is 1660. The number of amides is 1. The number of para-hydroxylation sites is 1. The summed E-state index contributed by atoms with van der Waals surface area (Å²) >= 11 is 0. The molecule has 246 valence electrons. The van der Waals surface area contributed by atoms with E-state index in [4.69, 9.17) is 4.74 Å². The fourth-order valence-electron chi connectivity index (χ4n) is 7.51. The van der Waals surface area contributed by atoms with Crippen molar-refractivity contribution < 1.29 is 17.9 Å². The fraction of sp³-hybridized carbons (Fsp3) is 0.359. The summed E-state index contributed by atoms with van der Waals surface area (Å²) in [5.74, 6) is 0.519. The molecule has 1 saturated carbocycles. The van der Waals surface area contributed by atoms with E-state index in [1.54, 1.807) is 28.6 Å². The molecule has 1 unspecified atom stereocenters. The van der Waals surface area contributed by atoms with Crippen LogP contribution in [0.3, 0.4) is 0 Å². The predicted molar refractivity (Wildman–Crippen MR) is 187 cm³/mol. The van der Waals surface area contributed by atoms with E-state index in [0.717, 1.165) is 50.9 Å². The van der Waals surface area contributed by atoms with Crippen LogP contribution >= 0.6 is 0 Å². The number of carbonyl (C=O) groups excluding carboxylic acids is 1. The molecule has 1 aliphatic heterocycles. The lowest BCUT2D eigenvalue weighted by atomic mass is 9.88. The third-order valence-corrected chi connectivity index (χ3v) is 11.7. The molecule has 2 aliphatic rings. The lowest BCUT2D eigenvalue weighted by Gasteiger charge is -2.39. The number of nitrogens with zero attached hydrogens (tertiary/aromatic N) is 3. The van der Waals surface area contributed by atoms with Crippen molar-refractivity contribution in [1.29, 1.82) is 0 Å². The van der Waals surface area contributed by atoms with Crippen molar-refractivity contribution in [2.24, 2.45) is 5.92 Å². The highest BCUT2D eigenvalue weighted by Crippen LogP contribution is 2.45. The van der Waals surface area contributed by atoms with Crippen LogP contribution in [0.15, 0.2) is 126 Å². The number of benzene rings is 4.